The Bertz CT molecular complexity index is 1070. The molecule has 2 aromatic rings. The summed E-state index contributed by atoms with van der Waals surface area (Å²) < 4.78 is 42.6. The summed E-state index contributed by atoms with van der Waals surface area (Å²) in [6.45, 7) is 3.60. The van der Waals surface area contributed by atoms with Gasteiger partial charge in [0, 0.05) is 13.5 Å². The van der Waals surface area contributed by atoms with Crippen LogP contribution in [0.2, 0.25) is 0 Å². The number of carboxylic acids is 1. The van der Waals surface area contributed by atoms with Crippen molar-refractivity contribution < 1.29 is 46.9 Å². The number of likely N-dealkylation sites (N-methyl/N-ethyl adjacent to an activating group) is 1. The number of nitrogens with zero attached hydrogens (tertiary/aromatic N) is 1. The first kappa shape index (κ1) is 33.1. The highest BCUT2D eigenvalue weighted by molar-refractivity contribution is 5.86. The zero-order valence-electron chi connectivity index (χ0n) is 21.9. The Morgan fingerprint density at radius 3 is 1.92 bits per heavy atom. The van der Waals surface area contributed by atoms with Gasteiger partial charge >= 0.3 is 24.1 Å². The first-order valence-electron chi connectivity index (χ1n) is 12.0. The summed E-state index contributed by atoms with van der Waals surface area (Å²) in [6, 6.07) is 17.8. The number of ether oxygens (including phenoxy) is 2. The van der Waals surface area contributed by atoms with Crippen molar-refractivity contribution in [1.82, 2.24) is 4.90 Å². The quantitative estimate of drug-likeness (QED) is 0.404. The molecule has 39 heavy (non-hydrogen) atoms. The van der Waals surface area contributed by atoms with E-state index >= 15 is 0 Å². The molecule has 0 aliphatic heterocycles. The number of carboxylic acid groups (broad SMARTS) is 1. The molecule has 1 amide bonds. The van der Waals surface area contributed by atoms with Crippen molar-refractivity contribution in [2.45, 2.75) is 51.6 Å². The molecular weight excluding hydrogens is 521 g/mol. The van der Waals surface area contributed by atoms with Crippen molar-refractivity contribution in [3.63, 3.8) is 0 Å². The number of hydrogen-bond donors (Lipinski definition) is 2. The standard InChI is InChI=1S/C25H32N2O5.C2HF3O2/c1-4-18(2)23(26)24(29)27(3)16-22(28)32-21(15-19-11-7-5-8-12-19)25(30)31-17-20-13-9-6-10-14-20;3-2(4,5)1(6)7/h5-14,18,21,23H,4,15-17,26H2,1-3H3;(H,6,7)/t18-,21-,23+;/m1./s1. The number of nitrogens with two attached hydrogens (primary N) is 1. The molecule has 3 atom stereocenters. The molecule has 0 radical (unpaired) electrons. The summed E-state index contributed by atoms with van der Waals surface area (Å²) in [5, 5.41) is 7.12. The molecule has 0 saturated heterocycles. The Morgan fingerprint density at radius 2 is 1.46 bits per heavy atom. The Hall–Kier alpha value is -3.93. The smallest absolute Gasteiger partial charge is 0.475 e. The van der Waals surface area contributed by atoms with Crippen LogP contribution in [0.3, 0.4) is 0 Å². The average Bonchev–Trinajstić information content (AvgIpc) is 2.90. The van der Waals surface area contributed by atoms with Crippen LogP contribution >= 0.6 is 0 Å². The van der Waals surface area contributed by atoms with E-state index in [0.717, 1.165) is 17.5 Å². The van der Waals surface area contributed by atoms with Crippen molar-refractivity contribution in [1.29, 1.82) is 0 Å². The monoisotopic (exact) mass is 554 g/mol. The van der Waals surface area contributed by atoms with Gasteiger partial charge in [0.15, 0.2) is 0 Å². The lowest BCUT2D eigenvalue weighted by molar-refractivity contribution is -0.192. The van der Waals surface area contributed by atoms with Crippen molar-refractivity contribution in [3.8, 4) is 0 Å². The normalized spacial score (nSPS) is 13.1. The molecule has 2 aromatic carbocycles. The van der Waals surface area contributed by atoms with Crippen molar-refractivity contribution >= 4 is 23.8 Å². The average molecular weight is 555 g/mol. The van der Waals surface area contributed by atoms with E-state index in [0.29, 0.717) is 0 Å². The molecule has 214 valence electrons. The summed E-state index contributed by atoms with van der Waals surface area (Å²) in [4.78, 5) is 47.8. The van der Waals surface area contributed by atoms with Crippen LogP contribution in [-0.2, 0) is 41.7 Å². The minimum absolute atomic E-state index is 0.0141. The summed E-state index contributed by atoms with van der Waals surface area (Å²) in [6.07, 6.45) is -5.29. The highest BCUT2D eigenvalue weighted by Gasteiger charge is 2.38. The van der Waals surface area contributed by atoms with Gasteiger partial charge in [0.05, 0.1) is 6.04 Å². The van der Waals surface area contributed by atoms with Crippen LogP contribution in [0.4, 0.5) is 13.2 Å². The molecule has 0 spiro atoms. The van der Waals surface area contributed by atoms with E-state index in [-0.39, 0.29) is 31.4 Å². The van der Waals surface area contributed by atoms with Crippen molar-refractivity contribution in [2.75, 3.05) is 13.6 Å². The highest BCUT2D eigenvalue weighted by atomic mass is 19.4. The minimum Gasteiger partial charge on any atom is -0.475 e. The Labute approximate surface area is 224 Å². The molecule has 0 heterocycles. The van der Waals surface area contributed by atoms with Crippen LogP contribution in [0.1, 0.15) is 31.4 Å². The lowest BCUT2D eigenvalue weighted by atomic mass is 9.99. The third-order valence-electron chi connectivity index (χ3n) is 5.55. The molecule has 2 rings (SSSR count). The fourth-order valence-corrected chi connectivity index (χ4v) is 3.04. The van der Waals surface area contributed by atoms with Gasteiger partial charge < -0.3 is 25.2 Å². The maximum Gasteiger partial charge on any atom is 0.490 e. The van der Waals surface area contributed by atoms with Gasteiger partial charge in [0.1, 0.15) is 13.2 Å². The Morgan fingerprint density at radius 1 is 0.974 bits per heavy atom. The number of amides is 1. The number of carbonyl (C=O) groups is 4. The fourth-order valence-electron chi connectivity index (χ4n) is 3.04. The van der Waals surface area contributed by atoms with E-state index in [1.165, 1.54) is 11.9 Å². The zero-order chi connectivity index (χ0) is 29.6. The number of halogens is 3. The predicted molar refractivity (Wildman–Crippen MR) is 135 cm³/mol. The van der Waals surface area contributed by atoms with Gasteiger partial charge in [0.2, 0.25) is 12.0 Å². The van der Waals surface area contributed by atoms with Crippen LogP contribution in [0, 0.1) is 5.92 Å². The highest BCUT2D eigenvalue weighted by Crippen LogP contribution is 2.13. The predicted octanol–water partition coefficient (Wildman–Crippen LogP) is 3.35. The van der Waals surface area contributed by atoms with Crippen LogP contribution in [0.15, 0.2) is 60.7 Å². The van der Waals surface area contributed by atoms with E-state index in [1.54, 1.807) is 0 Å². The number of aliphatic carboxylic acids is 1. The lowest BCUT2D eigenvalue weighted by Crippen LogP contribution is -2.47. The van der Waals surface area contributed by atoms with Gasteiger partial charge in [-0.15, -0.1) is 0 Å². The number of carbonyl (C=O) groups excluding carboxylic acids is 3. The summed E-state index contributed by atoms with van der Waals surface area (Å²) in [5.74, 6) is -4.46. The molecular formula is C27H33F3N2O7. The van der Waals surface area contributed by atoms with Crippen LogP contribution in [-0.4, -0.2) is 65.7 Å². The summed E-state index contributed by atoms with van der Waals surface area (Å²) >= 11 is 0. The van der Waals surface area contributed by atoms with Crippen LogP contribution in [0.5, 0.6) is 0 Å². The van der Waals surface area contributed by atoms with Gasteiger partial charge in [-0.2, -0.15) is 13.2 Å². The third-order valence-corrected chi connectivity index (χ3v) is 5.55. The maximum absolute atomic E-state index is 12.7. The Kier molecular flexibility index (Phi) is 13.7. The summed E-state index contributed by atoms with van der Waals surface area (Å²) in [7, 11) is 1.49. The second-order valence-corrected chi connectivity index (χ2v) is 8.67. The number of benzene rings is 2. The molecule has 0 saturated carbocycles. The topological polar surface area (TPSA) is 136 Å². The SMILES string of the molecule is CC[C@@H](C)[C@H](N)C(=O)N(C)CC(=O)O[C@H](Cc1ccccc1)C(=O)OCc1ccccc1.O=C(O)C(F)(F)F. The molecule has 0 unspecified atom stereocenters. The van der Waals surface area contributed by atoms with Gasteiger partial charge in [0.25, 0.3) is 0 Å². The van der Waals surface area contributed by atoms with E-state index < -0.39 is 36.2 Å². The number of esters is 2. The lowest BCUT2D eigenvalue weighted by Gasteiger charge is -2.24. The molecule has 0 aliphatic rings. The maximum atomic E-state index is 12.7. The van der Waals surface area contributed by atoms with Crippen molar-refractivity contribution in [2.24, 2.45) is 11.7 Å². The van der Waals surface area contributed by atoms with E-state index in [4.69, 9.17) is 25.1 Å². The zero-order valence-corrected chi connectivity index (χ0v) is 21.9. The second-order valence-electron chi connectivity index (χ2n) is 8.67. The van der Waals surface area contributed by atoms with Gasteiger partial charge in [-0.05, 0) is 17.0 Å². The molecule has 3 N–H and O–H groups in total. The number of alkyl halides is 3. The molecule has 9 nitrogen and oxygen atoms in total. The Balaban J connectivity index is 0.000000956. The van der Waals surface area contributed by atoms with Crippen LogP contribution < -0.4 is 5.73 Å². The second kappa shape index (κ2) is 16.1. The van der Waals surface area contributed by atoms with E-state index in [1.807, 2.05) is 74.5 Å². The fraction of sp³-hybridized carbons (Fsp3) is 0.407. The largest absolute Gasteiger partial charge is 0.490 e. The van der Waals surface area contributed by atoms with Crippen molar-refractivity contribution in [3.05, 3.63) is 71.8 Å². The van der Waals surface area contributed by atoms with E-state index in [9.17, 15) is 27.6 Å². The molecule has 0 aliphatic carbocycles. The molecule has 12 heteroatoms. The van der Waals surface area contributed by atoms with Gasteiger partial charge in [-0.3, -0.25) is 9.59 Å². The van der Waals surface area contributed by atoms with E-state index in [2.05, 4.69) is 0 Å². The van der Waals surface area contributed by atoms with Gasteiger partial charge in [-0.25, -0.2) is 9.59 Å². The molecule has 0 aromatic heterocycles. The number of rotatable bonds is 11. The van der Waals surface area contributed by atoms with Crippen LogP contribution in [0.25, 0.3) is 0 Å². The molecule has 0 bridgehead atoms. The summed E-state index contributed by atoms with van der Waals surface area (Å²) in [5.41, 5.74) is 7.63. The molecule has 0 fully saturated rings. The first-order chi connectivity index (χ1) is 18.3. The van der Waals surface area contributed by atoms with Gasteiger partial charge in [-0.1, -0.05) is 80.9 Å². The minimum atomic E-state index is -5.08. The first-order valence-corrected chi connectivity index (χ1v) is 12.0. The third kappa shape index (κ3) is 12.4. The number of hydrogen-bond acceptors (Lipinski definition) is 7.